The number of aliphatic hydroxyl groups is 1. The van der Waals surface area contributed by atoms with Crippen LogP contribution < -0.4 is 44.2 Å². The zero-order chi connectivity index (χ0) is 29.3. The van der Waals surface area contributed by atoms with Crippen LogP contribution in [0.25, 0.3) is 0 Å². The van der Waals surface area contributed by atoms with Crippen molar-refractivity contribution in [1.82, 2.24) is 21.3 Å². The van der Waals surface area contributed by atoms with E-state index >= 15 is 0 Å². The molecule has 16 nitrogen and oxygen atoms in total. The maximum atomic E-state index is 12.9. The molecule has 0 saturated heterocycles. The van der Waals surface area contributed by atoms with Gasteiger partial charge in [-0.1, -0.05) is 0 Å². The third kappa shape index (κ3) is 14.6. The number of amides is 4. The zero-order valence-corrected chi connectivity index (χ0v) is 22.3. The number of hydrogen-bond donors (Lipinski definition) is 11. The molecule has 0 bridgehead atoms. The molecule has 0 aromatic carbocycles. The molecule has 5 atom stereocenters. The fourth-order valence-electron chi connectivity index (χ4n) is 3.06. The molecular weight excluding hydrogens is 522 g/mol. The monoisotopic (exact) mass is 563 g/mol. The molecule has 4 amide bonds. The molecule has 0 heterocycles. The lowest BCUT2D eigenvalue weighted by Crippen LogP contribution is -2.59. The molecule has 0 rings (SSSR count). The maximum Gasteiger partial charge on any atom is 0.327 e. The molecule has 0 aliphatic carbocycles. The Labute approximate surface area is 226 Å². The van der Waals surface area contributed by atoms with Gasteiger partial charge in [-0.2, -0.15) is 12.6 Å². The number of carbonyl (C=O) groups is 5. The average Bonchev–Trinajstić information content (AvgIpc) is 2.85. The van der Waals surface area contributed by atoms with Crippen molar-refractivity contribution in [2.75, 3.05) is 25.4 Å². The number of carbonyl (C=O) groups excluding carboxylic acids is 4. The Morgan fingerprint density at radius 2 is 1.58 bits per heavy atom. The summed E-state index contributed by atoms with van der Waals surface area (Å²) in [6, 6.07) is -4.88. The van der Waals surface area contributed by atoms with Crippen LogP contribution >= 0.6 is 12.6 Å². The Morgan fingerprint density at radius 3 is 2.11 bits per heavy atom. The van der Waals surface area contributed by atoms with Crippen LogP contribution in [0.1, 0.15) is 39.0 Å². The summed E-state index contributed by atoms with van der Waals surface area (Å²) in [6.07, 6.45) is 0.479. The van der Waals surface area contributed by atoms with E-state index in [9.17, 15) is 29.1 Å². The van der Waals surface area contributed by atoms with E-state index in [1.165, 1.54) is 6.92 Å². The van der Waals surface area contributed by atoms with Gasteiger partial charge in [0.05, 0.1) is 18.7 Å². The van der Waals surface area contributed by atoms with Crippen molar-refractivity contribution in [1.29, 1.82) is 0 Å². The molecular formula is C21H41N9O7S. The summed E-state index contributed by atoms with van der Waals surface area (Å²) in [5, 5.41) is 28.5. The lowest BCUT2D eigenvalue weighted by Gasteiger charge is -2.26. The van der Waals surface area contributed by atoms with E-state index in [0.29, 0.717) is 32.4 Å². The maximum absolute atomic E-state index is 12.9. The Morgan fingerprint density at radius 1 is 0.921 bits per heavy atom. The van der Waals surface area contributed by atoms with Gasteiger partial charge in [-0.15, -0.1) is 0 Å². The van der Waals surface area contributed by atoms with Gasteiger partial charge in [0.25, 0.3) is 0 Å². The fourth-order valence-corrected chi connectivity index (χ4v) is 3.31. The molecule has 0 saturated carbocycles. The molecule has 0 aromatic rings. The normalized spacial score (nSPS) is 14.7. The van der Waals surface area contributed by atoms with Crippen molar-refractivity contribution in [2.24, 2.45) is 27.9 Å². The predicted octanol–water partition coefficient (Wildman–Crippen LogP) is -4.54. The summed E-state index contributed by atoms with van der Waals surface area (Å²) in [5.74, 6) is -4.65. The van der Waals surface area contributed by atoms with Gasteiger partial charge in [-0.3, -0.25) is 24.2 Å². The van der Waals surface area contributed by atoms with Gasteiger partial charge in [0.2, 0.25) is 23.6 Å². The van der Waals surface area contributed by atoms with Crippen molar-refractivity contribution >= 4 is 48.2 Å². The largest absolute Gasteiger partial charge is 0.480 e. The first kappa shape index (κ1) is 34.9. The molecule has 38 heavy (non-hydrogen) atoms. The van der Waals surface area contributed by atoms with Crippen LogP contribution in [0, 0.1) is 0 Å². The van der Waals surface area contributed by atoms with Crippen LogP contribution in [0.2, 0.25) is 0 Å². The van der Waals surface area contributed by atoms with Crippen LogP contribution in [0.5, 0.6) is 0 Å². The topological polar surface area (TPSA) is 290 Å². The van der Waals surface area contributed by atoms with Crippen LogP contribution in [-0.2, 0) is 24.0 Å². The van der Waals surface area contributed by atoms with Crippen molar-refractivity contribution in [3.8, 4) is 0 Å². The van der Waals surface area contributed by atoms with Crippen LogP contribution in [0.3, 0.4) is 0 Å². The first-order valence-corrected chi connectivity index (χ1v) is 12.7. The van der Waals surface area contributed by atoms with Gasteiger partial charge in [-0.05, 0) is 45.6 Å². The second-order valence-electron chi connectivity index (χ2n) is 8.49. The number of unbranched alkanes of at least 4 members (excludes halogenated alkanes) is 1. The first-order valence-electron chi connectivity index (χ1n) is 12.0. The number of aliphatic hydroxyl groups excluding tert-OH is 1. The van der Waals surface area contributed by atoms with Crippen LogP contribution in [-0.4, -0.2) is 101 Å². The van der Waals surface area contributed by atoms with E-state index in [-0.39, 0.29) is 24.6 Å². The highest BCUT2D eigenvalue weighted by atomic mass is 32.1. The van der Waals surface area contributed by atoms with Crippen molar-refractivity contribution in [3.05, 3.63) is 0 Å². The predicted molar refractivity (Wildman–Crippen MR) is 143 cm³/mol. The number of nitrogens with two attached hydrogens (primary N) is 4. The van der Waals surface area contributed by atoms with Crippen molar-refractivity contribution in [3.63, 3.8) is 0 Å². The van der Waals surface area contributed by atoms with E-state index in [2.05, 4.69) is 38.9 Å². The smallest absolute Gasteiger partial charge is 0.327 e. The summed E-state index contributed by atoms with van der Waals surface area (Å²) in [7, 11) is 0. The van der Waals surface area contributed by atoms with E-state index in [1.807, 2.05) is 0 Å². The Bertz CT molecular complexity index is 825. The molecule has 17 heteroatoms. The number of nitrogens with one attached hydrogen (secondary N) is 4. The van der Waals surface area contributed by atoms with Gasteiger partial charge in [-0.25, -0.2) is 4.79 Å². The molecule has 0 spiro atoms. The van der Waals surface area contributed by atoms with Gasteiger partial charge in [0.1, 0.15) is 18.1 Å². The number of aliphatic imine (C=N–C) groups is 1. The van der Waals surface area contributed by atoms with Crippen molar-refractivity contribution in [2.45, 2.75) is 69.3 Å². The Kier molecular flexibility index (Phi) is 17.4. The molecule has 5 unspecified atom stereocenters. The molecule has 0 radical (unpaired) electrons. The lowest BCUT2D eigenvalue weighted by molar-refractivity contribution is -0.142. The fraction of sp³-hybridized carbons (Fsp3) is 0.714. The minimum Gasteiger partial charge on any atom is -0.480 e. The van der Waals surface area contributed by atoms with Gasteiger partial charge in [0.15, 0.2) is 5.96 Å². The summed E-state index contributed by atoms with van der Waals surface area (Å²) in [4.78, 5) is 65.0. The highest BCUT2D eigenvalue weighted by Crippen LogP contribution is 2.04. The zero-order valence-electron chi connectivity index (χ0n) is 21.4. The number of nitrogens with zero attached hydrogens (tertiary/aromatic N) is 1. The summed E-state index contributed by atoms with van der Waals surface area (Å²) in [6.45, 7) is 1.40. The number of hydrogen-bond acceptors (Lipinski definition) is 10. The first-order chi connectivity index (χ1) is 17.8. The summed E-state index contributed by atoms with van der Waals surface area (Å²) < 4.78 is 0. The van der Waals surface area contributed by atoms with E-state index in [4.69, 9.17) is 28.0 Å². The molecule has 0 aromatic heterocycles. The molecule has 218 valence electrons. The van der Waals surface area contributed by atoms with E-state index in [0.717, 1.165) is 0 Å². The number of carboxylic acid groups (broad SMARTS) is 1. The SMILES string of the molecule is CC(O)C(NC(=O)C(CCCCN)NC(=O)CNC(=O)C(N)CCCN=C(N)N)C(=O)NC(CS)C(=O)O. The van der Waals surface area contributed by atoms with Gasteiger partial charge in [0, 0.05) is 12.3 Å². The second-order valence-corrected chi connectivity index (χ2v) is 8.85. The highest BCUT2D eigenvalue weighted by molar-refractivity contribution is 7.80. The third-order valence-corrected chi connectivity index (χ3v) is 5.55. The van der Waals surface area contributed by atoms with Crippen LogP contribution in [0.4, 0.5) is 0 Å². The molecule has 14 N–H and O–H groups in total. The molecule has 0 aliphatic rings. The minimum atomic E-state index is -1.50. The quantitative estimate of drug-likeness (QED) is 0.0308. The third-order valence-electron chi connectivity index (χ3n) is 5.19. The number of thiol groups is 1. The molecule has 0 fully saturated rings. The number of carboxylic acids is 1. The molecule has 0 aliphatic heterocycles. The number of guanidine groups is 1. The minimum absolute atomic E-state index is 0.0766. The highest BCUT2D eigenvalue weighted by Gasteiger charge is 2.31. The van der Waals surface area contributed by atoms with E-state index in [1.54, 1.807) is 0 Å². The van der Waals surface area contributed by atoms with E-state index < -0.39 is 66.4 Å². The van der Waals surface area contributed by atoms with Gasteiger partial charge >= 0.3 is 5.97 Å². The second kappa shape index (κ2) is 19.0. The summed E-state index contributed by atoms with van der Waals surface area (Å²) >= 11 is 3.86. The van der Waals surface area contributed by atoms with Crippen LogP contribution in [0.15, 0.2) is 4.99 Å². The standard InChI is InChI=1S/C21H41N9O7S/c1-11(31)16(19(35)29-14(10-38)20(36)37)30-18(34)13(6-2-3-7-22)28-15(32)9-27-17(33)12(23)5-4-8-26-21(24)25/h11-14,16,31,38H,2-10,22-23H2,1H3,(H,27,33)(H,28,32)(H,29,35)(H,30,34)(H,36,37)(H4,24,25,26). The average molecular weight is 564 g/mol. The number of rotatable bonds is 19. The van der Waals surface area contributed by atoms with Gasteiger partial charge < -0.3 is 54.4 Å². The van der Waals surface area contributed by atoms with Crippen molar-refractivity contribution < 1.29 is 34.2 Å². The number of aliphatic carboxylic acids is 1. The lowest BCUT2D eigenvalue weighted by atomic mass is 10.1. The Balaban J connectivity index is 5.13. The Hall–Kier alpha value is -3.15. The summed E-state index contributed by atoms with van der Waals surface area (Å²) in [5.41, 5.74) is 21.7.